The number of benzene rings is 2. The molecular weight excluding hydrogens is 400 g/mol. The van der Waals surface area contributed by atoms with Gasteiger partial charge in [0.25, 0.3) is 0 Å². The van der Waals surface area contributed by atoms with Crippen molar-refractivity contribution in [3.63, 3.8) is 0 Å². The third-order valence-corrected chi connectivity index (χ3v) is 6.44. The van der Waals surface area contributed by atoms with E-state index in [4.69, 9.17) is 9.47 Å². The Morgan fingerprint density at radius 2 is 2.03 bits per heavy atom. The molecule has 1 saturated heterocycles. The number of hydrogen-bond acceptors (Lipinski definition) is 5. The number of rotatable bonds is 7. The molecule has 30 heavy (non-hydrogen) atoms. The Hall–Kier alpha value is -3.06. The first kappa shape index (κ1) is 20.2. The summed E-state index contributed by atoms with van der Waals surface area (Å²) in [5, 5.41) is 6.39. The summed E-state index contributed by atoms with van der Waals surface area (Å²) in [7, 11) is 3.13. The van der Waals surface area contributed by atoms with Crippen LogP contribution in [0.2, 0.25) is 0 Å². The van der Waals surface area contributed by atoms with E-state index in [1.54, 1.807) is 48.7 Å². The number of methoxy groups -OCH3 is 2. The molecule has 6 nitrogen and oxygen atoms in total. The van der Waals surface area contributed by atoms with Crippen molar-refractivity contribution in [2.45, 2.75) is 12.8 Å². The fourth-order valence-corrected chi connectivity index (χ4v) is 4.81. The van der Waals surface area contributed by atoms with Crippen molar-refractivity contribution in [3.8, 4) is 11.5 Å². The molecule has 1 atom stereocenters. The molecule has 1 aliphatic rings. The van der Waals surface area contributed by atoms with Crippen LogP contribution in [0.5, 0.6) is 11.5 Å². The highest BCUT2D eigenvalue weighted by Gasteiger charge is 2.36. The highest BCUT2D eigenvalue weighted by Crippen LogP contribution is 2.36. The second-order valence-corrected chi connectivity index (χ2v) is 8.15. The predicted molar refractivity (Wildman–Crippen MR) is 119 cm³/mol. The molecule has 0 saturated carbocycles. The summed E-state index contributed by atoms with van der Waals surface area (Å²) in [6, 6.07) is 13.6. The zero-order chi connectivity index (χ0) is 21.1. The van der Waals surface area contributed by atoms with Gasteiger partial charge in [0.2, 0.25) is 11.8 Å². The summed E-state index contributed by atoms with van der Waals surface area (Å²) >= 11 is 1.72. The number of carbonyl (C=O) groups excluding carboxylic acids is 2. The molecule has 0 spiro atoms. The quantitative estimate of drug-likeness (QED) is 0.629. The smallest absolute Gasteiger partial charge is 0.227 e. The first-order valence-electron chi connectivity index (χ1n) is 9.86. The van der Waals surface area contributed by atoms with Gasteiger partial charge in [-0.25, -0.2) is 0 Å². The van der Waals surface area contributed by atoms with E-state index in [-0.39, 0.29) is 24.2 Å². The molecule has 1 aromatic heterocycles. The van der Waals surface area contributed by atoms with Crippen molar-refractivity contribution in [1.82, 2.24) is 5.32 Å². The topological polar surface area (TPSA) is 67.9 Å². The minimum absolute atomic E-state index is 0.0905. The van der Waals surface area contributed by atoms with Gasteiger partial charge in [0.05, 0.1) is 25.8 Å². The molecule has 7 heteroatoms. The molecule has 2 heterocycles. The molecule has 0 bridgehead atoms. The lowest BCUT2D eigenvalue weighted by Crippen LogP contribution is -2.34. The van der Waals surface area contributed by atoms with E-state index in [0.717, 1.165) is 6.42 Å². The number of amides is 2. The van der Waals surface area contributed by atoms with Crippen molar-refractivity contribution in [3.05, 3.63) is 53.4 Å². The Balaban J connectivity index is 1.38. The Labute approximate surface area is 179 Å². The average molecular weight is 425 g/mol. The number of anilines is 1. The van der Waals surface area contributed by atoms with Crippen LogP contribution in [-0.4, -0.2) is 39.1 Å². The first-order chi connectivity index (χ1) is 14.6. The van der Waals surface area contributed by atoms with Crippen molar-refractivity contribution in [2.24, 2.45) is 5.92 Å². The average Bonchev–Trinajstić information content (AvgIpc) is 3.37. The number of ether oxygens (including phenoxy) is 2. The van der Waals surface area contributed by atoms with Crippen LogP contribution in [0.15, 0.2) is 47.8 Å². The maximum absolute atomic E-state index is 12.7. The molecule has 2 aromatic carbocycles. The largest absolute Gasteiger partial charge is 0.497 e. The molecule has 1 unspecified atom stereocenters. The zero-order valence-corrected chi connectivity index (χ0v) is 17.8. The Morgan fingerprint density at radius 3 is 2.83 bits per heavy atom. The second kappa shape index (κ2) is 8.75. The van der Waals surface area contributed by atoms with Crippen LogP contribution >= 0.6 is 11.3 Å². The summed E-state index contributed by atoms with van der Waals surface area (Å²) in [4.78, 5) is 26.9. The summed E-state index contributed by atoms with van der Waals surface area (Å²) < 4.78 is 11.9. The Morgan fingerprint density at radius 1 is 1.20 bits per heavy atom. The van der Waals surface area contributed by atoms with Gasteiger partial charge in [-0.05, 0) is 40.9 Å². The number of carbonyl (C=O) groups is 2. The van der Waals surface area contributed by atoms with Gasteiger partial charge in [0.15, 0.2) is 0 Å². The van der Waals surface area contributed by atoms with Crippen LogP contribution in [0.25, 0.3) is 10.1 Å². The van der Waals surface area contributed by atoms with Gasteiger partial charge < -0.3 is 19.7 Å². The lowest BCUT2D eigenvalue weighted by Gasteiger charge is -2.20. The van der Waals surface area contributed by atoms with Crippen molar-refractivity contribution in [2.75, 3.05) is 32.2 Å². The van der Waals surface area contributed by atoms with E-state index < -0.39 is 0 Å². The maximum Gasteiger partial charge on any atom is 0.227 e. The fourth-order valence-electron chi connectivity index (χ4n) is 3.81. The fraction of sp³-hybridized carbons (Fsp3) is 0.304. The second-order valence-electron chi connectivity index (χ2n) is 7.24. The summed E-state index contributed by atoms with van der Waals surface area (Å²) in [6.07, 6.45) is 0.956. The van der Waals surface area contributed by atoms with Crippen LogP contribution in [0, 0.1) is 5.92 Å². The van der Waals surface area contributed by atoms with Crippen LogP contribution < -0.4 is 19.7 Å². The number of nitrogens with zero attached hydrogens (tertiary/aromatic N) is 1. The van der Waals surface area contributed by atoms with Crippen molar-refractivity contribution < 1.29 is 19.1 Å². The van der Waals surface area contributed by atoms with E-state index >= 15 is 0 Å². The van der Waals surface area contributed by atoms with Crippen LogP contribution in [-0.2, 0) is 16.0 Å². The zero-order valence-electron chi connectivity index (χ0n) is 17.0. The first-order valence-corrected chi connectivity index (χ1v) is 10.7. The van der Waals surface area contributed by atoms with E-state index in [2.05, 4.69) is 22.8 Å². The molecule has 1 fully saturated rings. The lowest BCUT2D eigenvalue weighted by molar-refractivity contribution is -0.126. The number of thiophene rings is 1. The minimum Gasteiger partial charge on any atom is -0.497 e. The molecule has 1 N–H and O–H groups in total. The van der Waals surface area contributed by atoms with Gasteiger partial charge in [-0.3, -0.25) is 9.59 Å². The minimum atomic E-state index is -0.382. The molecule has 4 rings (SSSR count). The van der Waals surface area contributed by atoms with E-state index in [1.807, 2.05) is 12.1 Å². The predicted octanol–water partition coefficient (Wildman–Crippen LogP) is 3.63. The Bertz CT molecular complexity index is 1080. The summed E-state index contributed by atoms with van der Waals surface area (Å²) in [5.41, 5.74) is 1.86. The van der Waals surface area contributed by atoms with Gasteiger partial charge in [0, 0.05) is 30.3 Å². The highest BCUT2D eigenvalue weighted by atomic mass is 32.1. The third kappa shape index (κ3) is 3.98. The summed E-state index contributed by atoms with van der Waals surface area (Å²) in [5.74, 6) is 0.648. The molecular formula is C23H24N2O4S. The van der Waals surface area contributed by atoms with Crippen LogP contribution in [0.1, 0.15) is 12.0 Å². The third-order valence-electron chi connectivity index (χ3n) is 5.43. The molecule has 0 radical (unpaired) electrons. The van der Waals surface area contributed by atoms with Crippen molar-refractivity contribution in [1.29, 1.82) is 0 Å². The van der Waals surface area contributed by atoms with Gasteiger partial charge in [-0.2, -0.15) is 0 Å². The van der Waals surface area contributed by atoms with Crippen molar-refractivity contribution >= 4 is 38.9 Å². The normalized spacial score (nSPS) is 16.1. The molecule has 0 aliphatic carbocycles. The standard InChI is InChI=1S/C23H24N2O4S/c1-28-17-7-8-20(29-2)19(12-17)25-13-16(11-22(25)26)23(27)24-10-9-15-14-30-21-6-4-3-5-18(15)21/h3-8,12,14,16H,9-11,13H2,1-2H3,(H,24,27). The number of nitrogens with one attached hydrogen (secondary N) is 1. The van der Waals surface area contributed by atoms with E-state index in [1.165, 1.54) is 15.6 Å². The molecule has 156 valence electrons. The van der Waals surface area contributed by atoms with Gasteiger partial charge in [0.1, 0.15) is 11.5 Å². The molecule has 1 aliphatic heterocycles. The SMILES string of the molecule is COc1ccc(OC)c(N2CC(C(=O)NCCc3csc4ccccc34)CC2=O)c1. The van der Waals surface area contributed by atoms with Gasteiger partial charge >= 0.3 is 0 Å². The van der Waals surface area contributed by atoms with E-state index in [9.17, 15) is 9.59 Å². The lowest BCUT2D eigenvalue weighted by atomic mass is 10.1. The Kier molecular flexibility index (Phi) is 5.90. The van der Waals surface area contributed by atoms with Gasteiger partial charge in [-0.1, -0.05) is 18.2 Å². The van der Waals surface area contributed by atoms with E-state index in [0.29, 0.717) is 30.3 Å². The number of hydrogen-bond donors (Lipinski definition) is 1. The monoisotopic (exact) mass is 424 g/mol. The highest BCUT2D eigenvalue weighted by molar-refractivity contribution is 7.17. The number of fused-ring (bicyclic) bond motifs is 1. The van der Waals surface area contributed by atoms with Crippen LogP contribution in [0.3, 0.4) is 0 Å². The van der Waals surface area contributed by atoms with Gasteiger partial charge in [-0.15, -0.1) is 11.3 Å². The molecule has 3 aromatic rings. The maximum atomic E-state index is 12.7. The van der Waals surface area contributed by atoms with Crippen LogP contribution in [0.4, 0.5) is 5.69 Å². The molecule has 2 amide bonds. The summed E-state index contributed by atoms with van der Waals surface area (Å²) in [6.45, 7) is 0.877.